The van der Waals surface area contributed by atoms with E-state index in [0.717, 1.165) is 19.4 Å². The molecule has 0 aliphatic carbocycles. The topological polar surface area (TPSA) is 61.4 Å². The number of rotatable bonds is 4. The summed E-state index contributed by atoms with van der Waals surface area (Å²) in [6.45, 7) is 1.44. The molecule has 3 rings (SSSR count). The first-order valence-electron chi connectivity index (χ1n) is 8.19. The zero-order valence-corrected chi connectivity index (χ0v) is 15.5. The Labute approximate surface area is 156 Å². The number of thiophene rings is 1. The van der Waals surface area contributed by atoms with E-state index in [4.69, 9.17) is 11.6 Å². The molecule has 2 amide bonds. The number of benzene rings is 1. The lowest BCUT2D eigenvalue weighted by atomic mass is 10.0. The van der Waals surface area contributed by atoms with E-state index in [1.807, 2.05) is 23.4 Å². The van der Waals surface area contributed by atoms with Gasteiger partial charge < -0.3 is 15.5 Å². The SMILES string of the molecule is CNC1CCCN(C(=O)c2ccc(Cl)c(NC(=O)c3cccs3)c2)C1. The number of likely N-dealkylation sites (tertiary alicyclic amines) is 1. The molecular weight excluding hydrogens is 358 g/mol. The van der Waals surface area contributed by atoms with E-state index < -0.39 is 0 Å². The van der Waals surface area contributed by atoms with Gasteiger partial charge in [-0.25, -0.2) is 0 Å². The molecule has 2 heterocycles. The Kier molecular flexibility index (Phi) is 5.73. The summed E-state index contributed by atoms with van der Waals surface area (Å²) < 4.78 is 0. The van der Waals surface area contributed by atoms with Crippen LogP contribution in [0, 0.1) is 0 Å². The normalized spacial score (nSPS) is 17.4. The fourth-order valence-corrected chi connectivity index (χ4v) is 3.71. The van der Waals surface area contributed by atoms with E-state index in [2.05, 4.69) is 10.6 Å². The Bertz CT molecular complexity index is 764. The van der Waals surface area contributed by atoms with Crippen molar-refractivity contribution in [3.05, 3.63) is 51.2 Å². The number of carbonyl (C=O) groups excluding carboxylic acids is 2. The minimum absolute atomic E-state index is 0.0387. The second-order valence-electron chi connectivity index (χ2n) is 6.01. The summed E-state index contributed by atoms with van der Waals surface area (Å²) in [4.78, 5) is 27.5. The number of nitrogens with one attached hydrogen (secondary N) is 2. The monoisotopic (exact) mass is 377 g/mol. The Morgan fingerprint density at radius 1 is 1.32 bits per heavy atom. The molecule has 1 saturated heterocycles. The molecule has 132 valence electrons. The number of amides is 2. The van der Waals surface area contributed by atoms with Crippen molar-refractivity contribution in [1.82, 2.24) is 10.2 Å². The molecule has 0 spiro atoms. The van der Waals surface area contributed by atoms with Crippen molar-refractivity contribution >= 4 is 40.4 Å². The van der Waals surface area contributed by atoms with Crippen LogP contribution in [0.1, 0.15) is 32.9 Å². The summed E-state index contributed by atoms with van der Waals surface area (Å²) in [6, 6.07) is 8.89. The maximum Gasteiger partial charge on any atom is 0.265 e. The number of anilines is 1. The van der Waals surface area contributed by atoms with Gasteiger partial charge in [-0.3, -0.25) is 9.59 Å². The highest BCUT2D eigenvalue weighted by molar-refractivity contribution is 7.12. The highest BCUT2D eigenvalue weighted by Gasteiger charge is 2.24. The highest BCUT2D eigenvalue weighted by atomic mass is 35.5. The molecule has 2 N–H and O–H groups in total. The molecule has 1 aliphatic rings. The van der Waals surface area contributed by atoms with Gasteiger partial charge in [-0.05, 0) is 49.5 Å². The van der Waals surface area contributed by atoms with Gasteiger partial charge in [-0.15, -0.1) is 11.3 Å². The predicted octanol–water partition coefficient (Wildman–Crippen LogP) is 3.48. The molecule has 5 nitrogen and oxygen atoms in total. The quantitative estimate of drug-likeness (QED) is 0.857. The molecule has 0 saturated carbocycles. The van der Waals surface area contributed by atoms with Gasteiger partial charge in [0.15, 0.2) is 0 Å². The smallest absolute Gasteiger partial charge is 0.265 e. The Morgan fingerprint density at radius 2 is 2.16 bits per heavy atom. The molecule has 1 atom stereocenters. The van der Waals surface area contributed by atoms with E-state index >= 15 is 0 Å². The lowest BCUT2D eigenvalue weighted by Gasteiger charge is -2.32. The van der Waals surface area contributed by atoms with Crippen LogP contribution in [0.15, 0.2) is 35.7 Å². The molecule has 2 aromatic rings. The lowest BCUT2D eigenvalue weighted by molar-refractivity contribution is 0.0698. The van der Waals surface area contributed by atoms with Crippen molar-refractivity contribution in [3.8, 4) is 0 Å². The van der Waals surface area contributed by atoms with E-state index in [-0.39, 0.29) is 11.8 Å². The van der Waals surface area contributed by atoms with Crippen LogP contribution in [-0.2, 0) is 0 Å². The predicted molar refractivity (Wildman–Crippen MR) is 102 cm³/mol. The number of piperidine rings is 1. The Hall–Kier alpha value is -1.89. The van der Waals surface area contributed by atoms with Crippen LogP contribution in [0.4, 0.5) is 5.69 Å². The standard InChI is InChI=1S/C18H20ClN3O2S/c1-20-13-4-2-8-22(11-13)18(24)12-6-7-14(19)15(10-12)21-17(23)16-5-3-9-25-16/h3,5-7,9-10,13,20H,2,4,8,11H2,1H3,(H,21,23). The third kappa shape index (κ3) is 4.21. The van der Waals surface area contributed by atoms with E-state index in [1.165, 1.54) is 11.3 Å². The van der Waals surface area contributed by atoms with Gasteiger partial charge in [-0.2, -0.15) is 0 Å². The van der Waals surface area contributed by atoms with Crippen molar-refractivity contribution in [2.24, 2.45) is 0 Å². The maximum atomic E-state index is 12.8. The third-order valence-electron chi connectivity index (χ3n) is 4.32. The molecule has 0 bridgehead atoms. The summed E-state index contributed by atoms with van der Waals surface area (Å²) >= 11 is 7.55. The van der Waals surface area contributed by atoms with Crippen molar-refractivity contribution < 1.29 is 9.59 Å². The van der Waals surface area contributed by atoms with Gasteiger partial charge in [0, 0.05) is 24.7 Å². The fraction of sp³-hybridized carbons (Fsp3) is 0.333. The first kappa shape index (κ1) is 17.9. The average molecular weight is 378 g/mol. The van der Waals surface area contributed by atoms with Crippen LogP contribution in [-0.4, -0.2) is 42.9 Å². The van der Waals surface area contributed by atoms with Gasteiger partial charge in [0.25, 0.3) is 11.8 Å². The third-order valence-corrected chi connectivity index (χ3v) is 5.52. The van der Waals surface area contributed by atoms with Crippen molar-refractivity contribution in [3.63, 3.8) is 0 Å². The Morgan fingerprint density at radius 3 is 2.88 bits per heavy atom. The van der Waals surface area contributed by atoms with E-state index in [9.17, 15) is 9.59 Å². The average Bonchev–Trinajstić information content (AvgIpc) is 3.18. The van der Waals surface area contributed by atoms with Crippen LogP contribution < -0.4 is 10.6 Å². The molecule has 7 heteroatoms. The molecule has 1 unspecified atom stereocenters. The van der Waals surface area contributed by atoms with Crippen molar-refractivity contribution in [2.45, 2.75) is 18.9 Å². The molecule has 25 heavy (non-hydrogen) atoms. The maximum absolute atomic E-state index is 12.8. The zero-order chi connectivity index (χ0) is 17.8. The summed E-state index contributed by atoms with van der Waals surface area (Å²) in [5.41, 5.74) is 0.982. The highest BCUT2D eigenvalue weighted by Crippen LogP contribution is 2.25. The van der Waals surface area contributed by atoms with Crippen LogP contribution in [0.2, 0.25) is 5.02 Å². The van der Waals surface area contributed by atoms with Crippen molar-refractivity contribution in [1.29, 1.82) is 0 Å². The minimum atomic E-state index is -0.227. The van der Waals surface area contributed by atoms with Gasteiger partial charge >= 0.3 is 0 Å². The minimum Gasteiger partial charge on any atom is -0.337 e. The summed E-state index contributed by atoms with van der Waals surface area (Å²) in [5.74, 6) is -0.266. The summed E-state index contributed by atoms with van der Waals surface area (Å²) in [7, 11) is 1.92. The largest absolute Gasteiger partial charge is 0.337 e. The second kappa shape index (κ2) is 7.99. The lowest BCUT2D eigenvalue weighted by Crippen LogP contribution is -2.46. The molecule has 1 aliphatic heterocycles. The number of carbonyl (C=O) groups is 2. The molecule has 1 aromatic carbocycles. The number of hydrogen-bond acceptors (Lipinski definition) is 4. The van der Waals surface area contributed by atoms with E-state index in [0.29, 0.717) is 33.7 Å². The molecule has 1 aromatic heterocycles. The first-order valence-corrected chi connectivity index (χ1v) is 9.45. The first-order chi connectivity index (χ1) is 12.1. The van der Waals surface area contributed by atoms with Crippen LogP contribution in [0.3, 0.4) is 0 Å². The number of hydrogen-bond donors (Lipinski definition) is 2. The van der Waals surface area contributed by atoms with E-state index in [1.54, 1.807) is 24.3 Å². The number of nitrogens with zero attached hydrogens (tertiary/aromatic N) is 1. The summed E-state index contributed by atoms with van der Waals surface area (Å²) in [5, 5.41) is 8.27. The van der Waals surface area contributed by atoms with Gasteiger partial charge in [0.1, 0.15) is 0 Å². The number of likely N-dealkylation sites (N-methyl/N-ethyl adjacent to an activating group) is 1. The van der Waals surface area contributed by atoms with Crippen LogP contribution in [0.5, 0.6) is 0 Å². The van der Waals surface area contributed by atoms with Gasteiger partial charge in [-0.1, -0.05) is 17.7 Å². The molecular formula is C18H20ClN3O2S. The molecule has 0 radical (unpaired) electrons. The summed E-state index contributed by atoms with van der Waals surface area (Å²) in [6.07, 6.45) is 2.05. The second-order valence-corrected chi connectivity index (χ2v) is 7.36. The Balaban J connectivity index is 1.76. The van der Waals surface area contributed by atoms with Gasteiger partial charge in [0.2, 0.25) is 0 Å². The zero-order valence-electron chi connectivity index (χ0n) is 13.9. The number of halogens is 1. The molecule has 1 fully saturated rings. The van der Waals surface area contributed by atoms with Crippen LogP contribution in [0.25, 0.3) is 0 Å². The van der Waals surface area contributed by atoms with Crippen LogP contribution >= 0.6 is 22.9 Å². The van der Waals surface area contributed by atoms with Gasteiger partial charge in [0.05, 0.1) is 15.6 Å². The fourth-order valence-electron chi connectivity index (χ4n) is 2.93. The van der Waals surface area contributed by atoms with Crippen molar-refractivity contribution in [2.75, 3.05) is 25.5 Å².